The minimum atomic E-state index is -0.0827. The molecule has 0 aromatic rings. The first-order chi connectivity index (χ1) is 9.26. The van der Waals surface area contributed by atoms with Gasteiger partial charge in [-0.25, -0.2) is 4.99 Å². The molecule has 6 heteroatoms. The summed E-state index contributed by atoms with van der Waals surface area (Å²) in [5.41, 5.74) is 0. The van der Waals surface area contributed by atoms with E-state index in [1.165, 1.54) is 25.7 Å². The second kappa shape index (κ2) is 9.61. The van der Waals surface area contributed by atoms with E-state index in [2.05, 4.69) is 20.9 Å². The van der Waals surface area contributed by atoms with Crippen molar-refractivity contribution in [1.82, 2.24) is 16.0 Å². The molecule has 0 aliphatic heterocycles. The summed E-state index contributed by atoms with van der Waals surface area (Å²) in [4.78, 5) is 15.8. The average Bonchev–Trinajstić information content (AvgIpc) is 2.89. The predicted octanol–water partition coefficient (Wildman–Crippen LogP) is 0.247. The lowest BCUT2D eigenvalue weighted by atomic mass is 10.2. The third-order valence-electron chi connectivity index (χ3n) is 3.05. The van der Waals surface area contributed by atoms with Crippen molar-refractivity contribution in [2.75, 3.05) is 33.4 Å². The number of methoxy groups -OCH3 is 1. The smallest absolute Gasteiger partial charge is 0.241 e. The molecule has 1 rings (SSSR count). The molecule has 0 aromatic carbocycles. The van der Waals surface area contributed by atoms with Crippen molar-refractivity contribution in [3.05, 3.63) is 0 Å². The van der Waals surface area contributed by atoms with Crippen molar-refractivity contribution >= 4 is 11.9 Å². The van der Waals surface area contributed by atoms with E-state index in [0.29, 0.717) is 19.2 Å². The Morgan fingerprint density at radius 1 is 1.32 bits per heavy atom. The third-order valence-corrected chi connectivity index (χ3v) is 3.05. The summed E-state index contributed by atoms with van der Waals surface area (Å²) in [6.45, 7) is 4.01. The molecule has 0 saturated heterocycles. The van der Waals surface area contributed by atoms with Crippen molar-refractivity contribution in [2.24, 2.45) is 4.99 Å². The van der Waals surface area contributed by atoms with Crippen LogP contribution in [0.4, 0.5) is 0 Å². The Labute approximate surface area is 115 Å². The standard InChI is InChI=1S/C13H26N4O2/c1-3-14-13(17-11-6-4-5-7-11)16-10-12(18)15-8-9-19-2/h11H,3-10H2,1-2H3,(H,15,18)(H2,14,16,17). The van der Waals surface area contributed by atoms with Crippen LogP contribution >= 0.6 is 0 Å². The van der Waals surface area contributed by atoms with Gasteiger partial charge in [0.1, 0.15) is 6.54 Å². The lowest BCUT2D eigenvalue weighted by Crippen LogP contribution is -2.43. The van der Waals surface area contributed by atoms with Gasteiger partial charge in [0.25, 0.3) is 0 Å². The van der Waals surface area contributed by atoms with E-state index in [1.807, 2.05) is 6.92 Å². The van der Waals surface area contributed by atoms with Gasteiger partial charge in [0.05, 0.1) is 6.61 Å². The number of rotatable bonds is 7. The summed E-state index contributed by atoms with van der Waals surface area (Å²) in [5, 5.41) is 9.29. The Balaban J connectivity index is 2.32. The number of guanidine groups is 1. The quantitative estimate of drug-likeness (QED) is 0.352. The predicted molar refractivity (Wildman–Crippen MR) is 76.3 cm³/mol. The van der Waals surface area contributed by atoms with E-state index < -0.39 is 0 Å². The number of nitrogens with one attached hydrogen (secondary N) is 3. The maximum atomic E-state index is 11.5. The molecule has 19 heavy (non-hydrogen) atoms. The number of ether oxygens (including phenoxy) is 1. The Morgan fingerprint density at radius 3 is 2.68 bits per heavy atom. The van der Waals surface area contributed by atoms with Crippen molar-refractivity contribution in [1.29, 1.82) is 0 Å². The number of hydrogen-bond donors (Lipinski definition) is 3. The highest BCUT2D eigenvalue weighted by atomic mass is 16.5. The molecule has 1 saturated carbocycles. The minimum Gasteiger partial charge on any atom is -0.383 e. The molecule has 3 N–H and O–H groups in total. The van der Waals surface area contributed by atoms with Gasteiger partial charge >= 0.3 is 0 Å². The lowest BCUT2D eigenvalue weighted by molar-refractivity contribution is -0.119. The zero-order valence-electron chi connectivity index (χ0n) is 12.0. The van der Waals surface area contributed by atoms with Crippen LogP contribution in [0.25, 0.3) is 0 Å². The lowest BCUT2D eigenvalue weighted by Gasteiger charge is -2.16. The van der Waals surface area contributed by atoms with Crippen LogP contribution in [-0.4, -0.2) is 51.3 Å². The van der Waals surface area contributed by atoms with Gasteiger partial charge in [-0.15, -0.1) is 0 Å². The summed E-state index contributed by atoms with van der Waals surface area (Å²) < 4.78 is 4.87. The fraction of sp³-hybridized carbons (Fsp3) is 0.846. The highest BCUT2D eigenvalue weighted by Crippen LogP contribution is 2.17. The highest BCUT2D eigenvalue weighted by molar-refractivity contribution is 5.85. The number of carbonyl (C=O) groups is 1. The molecule has 1 aliphatic carbocycles. The van der Waals surface area contributed by atoms with E-state index in [0.717, 1.165) is 12.5 Å². The second-order valence-electron chi connectivity index (χ2n) is 4.66. The molecule has 110 valence electrons. The summed E-state index contributed by atoms with van der Waals surface area (Å²) in [6.07, 6.45) is 4.91. The Hall–Kier alpha value is -1.30. The number of carbonyl (C=O) groups excluding carboxylic acids is 1. The van der Waals surface area contributed by atoms with Gasteiger partial charge in [0.15, 0.2) is 5.96 Å². The van der Waals surface area contributed by atoms with Crippen LogP contribution in [0.5, 0.6) is 0 Å². The molecule has 1 fully saturated rings. The molecule has 0 aromatic heterocycles. The summed E-state index contributed by atoms with van der Waals surface area (Å²) >= 11 is 0. The summed E-state index contributed by atoms with van der Waals surface area (Å²) in [7, 11) is 1.61. The van der Waals surface area contributed by atoms with Crippen LogP contribution in [0.1, 0.15) is 32.6 Å². The maximum Gasteiger partial charge on any atom is 0.241 e. The van der Waals surface area contributed by atoms with E-state index in [9.17, 15) is 4.79 Å². The molecule has 0 unspecified atom stereocenters. The zero-order valence-corrected chi connectivity index (χ0v) is 12.0. The Kier molecular flexibility index (Phi) is 7.97. The summed E-state index contributed by atoms with van der Waals surface area (Å²) in [6, 6.07) is 0.495. The van der Waals surface area contributed by atoms with E-state index in [-0.39, 0.29) is 12.5 Å². The molecule has 0 bridgehead atoms. The van der Waals surface area contributed by atoms with Crippen molar-refractivity contribution < 1.29 is 9.53 Å². The van der Waals surface area contributed by atoms with Gasteiger partial charge in [-0.05, 0) is 19.8 Å². The molecule has 0 heterocycles. The van der Waals surface area contributed by atoms with Crippen LogP contribution in [-0.2, 0) is 9.53 Å². The van der Waals surface area contributed by atoms with Gasteiger partial charge in [-0.2, -0.15) is 0 Å². The molecule has 0 radical (unpaired) electrons. The van der Waals surface area contributed by atoms with Crippen LogP contribution in [0.15, 0.2) is 4.99 Å². The van der Waals surface area contributed by atoms with Gasteiger partial charge in [-0.3, -0.25) is 4.79 Å². The van der Waals surface area contributed by atoms with Crippen LogP contribution in [0, 0.1) is 0 Å². The Morgan fingerprint density at radius 2 is 2.05 bits per heavy atom. The molecular weight excluding hydrogens is 244 g/mol. The largest absolute Gasteiger partial charge is 0.383 e. The molecule has 0 spiro atoms. The maximum absolute atomic E-state index is 11.5. The molecule has 6 nitrogen and oxygen atoms in total. The minimum absolute atomic E-state index is 0.0827. The van der Waals surface area contributed by atoms with Gasteiger partial charge < -0.3 is 20.7 Å². The monoisotopic (exact) mass is 270 g/mol. The fourth-order valence-electron chi connectivity index (χ4n) is 2.08. The topological polar surface area (TPSA) is 74.8 Å². The first-order valence-electron chi connectivity index (χ1n) is 7.06. The number of amides is 1. The van der Waals surface area contributed by atoms with Crippen LogP contribution in [0.2, 0.25) is 0 Å². The van der Waals surface area contributed by atoms with Crippen molar-refractivity contribution in [3.63, 3.8) is 0 Å². The number of hydrogen-bond acceptors (Lipinski definition) is 3. The van der Waals surface area contributed by atoms with E-state index in [1.54, 1.807) is 7.11 Å². The van der Waals surface area contributed by atoms with Crippen LogP contribution in [0.3, 0.4) is 0 Å². The van der Waals surface area contributed by atoms with Crippen molar-refractivity contribution in [3.8, 4) is 0 Å². The first-order valence-corrected chi connectivity index (χ1v) is 7.06. The summed E-state index contributed by atoms with van der Waals surface area (Å²) in [5.74, 6) is 0.650. The molecule has 0 atom stereocenters. The van der Waals surface area contributed by atoms with Gasteiger partial charge in [-0.1, -0.05) is 12.8 Å². The van der Waals surface area contributed by atoms with Crippen molar-refractivity contribution in [2.45, 2.75) is 38.6 Å². The molecule has 1 amide bonds. The Bertz CT molecular complexity index is 288. The van der Waals surface area contributed by atoms with E-state index in [4.69, 9.17) is 4.74 Å². The fourth-order valence-corrected chi connectivity index (χ4v) is 2.08. The zero-order chi connectivity index (χ0) is 13.9. The number of nitrogens with zero attached hydrogens (tertiary/aromatic N) is 1. The van der Waals surface area contributed by atoms with E-state index >= 15 is 0 Å². The normalized spacial score (nSPS) is 16.4. The number of aliphatic imine (C=N–C) groups is 1. The average molecular weight is 270 g/mol. The molecular formula is C13H26N4O2. The highest BCUT2D eigenvalue weighted by Gasteiger charge is 2.15. The first kappa shape index (κ1) is 15.8. The van der Waals surface area contributed by atoms with Crippen LogP contribution < -0.4 is 16.0 Å². The molecule has 1 aliphatic rings. The second-order valence-corrected chi connectivity index (χ2v) is 4.66. The van der Waals surface area contributed by atoms with Gasteiger partial charge in [0.2, 0.25) is 5.91 Å². The SMILES string of the molecule is CCNC(=NCC(=O)NCCOC)NC1CCCC1. The van der Waals surface area contributed by atoms with Gasteiger partial charge in [0, 0.05) is 26.2 Å². The third kappa shape index (κ3) is 7.00.